The SMILES string of the molecule is CC(=O)C1[C@@H](C)[C@@H]1C. The summed E-state index contributed by atoms with van der Waals surface area (Å²) in [6.07, 6.45) is 0. The van der Waals surface area contributed by atoms with E-state index < -0.39 is 0 Å². The molecule has 1 aliphatic rings. The predicted molar refractivity (Wildman–Crippen MR) is 32.5 cm³/mol. The minimum atomic E-state index is 0.366. The van der Waals surface area contributed by atoms with Crippen molar-refractivity contribution in [3.05, 3.63) is 0 Å². The molecular formula is C7H12O. The van der Waals surface area contributed by atoms with Crippen molar-refractivity contribution in [3.8, 4) is 0 Å². The van der Waals surface area contributed by atoms with E-state index in [0.717, 1.165) is 0 Å². The number of ketones is 1. The summed E-state index contributed by atoms with van der Waals surface area (Å²) in [5.74, 6) is 2.08. The Kier molecular flexibility index (Phi) is 1.14. The van der Waals surface area contributed by atoms with Crippen LogP contribution < -0.4 is 0 Å². The van der Waals surface area contributed by atoms with Gasteiger partial charge in [-0.3, -0.25) is 4.79 Å². The normalized spacial score (nSPS) is 44.1. The Balaban J connectivity index is 2.44. The third-order valence-corrected chi connectivity index (χ3v) is 2.29. The van der Waals surface area contributed by atoms with E-state index in [1.807, 2.05) is 0 Å². The molecule has 1 saturated carbocycles. The molecule has 0 aliphatic heterocycles. The molecule has 0 heterocycles. The fourth-order valence-electron chi connectivity index (χ4n) is 1.40. The van der Waals surface area contributed by atoms with Crippen LogP contribution in [0.5, 0.6) is 0 Å². The van der Waals surface area contributed by atoms with E-state index in [1.165, 1.54) is 0 Å². The summed E-state index contributed by atoms with van der Waals surface area (Å²) < 4.78 is 0. The smallest absolute Gasteiger partial charge is 0.133 e. The van der Waals surface area contributed by atoms with Gasteiger partial charge in [-0.1, -0.05) is 13.8 Å². The van der Waals surface area contributed by atoms with Gasteiger partial charge in [-0.15, -0.1) is 0 Å². The molecule has 0 radical (unpaired) electrons. The van der Waals surface area contributed by atoms with E-state index >= 15 is 0 Å². The van der Waals surface area contributed by atoms with Crippen LogP contribution in [0.1, 0.15) is 20.8 Å². The van der Waals surface area contributed by atoms with Crippen LogP contribution in [0.3, 0.4) is 0 Å². The van der Waals surface area contributed by atoms with Crippen molar-refractivity contribution in [2.24, 2.45) is 17.8 Å². The lowest BCUT2D eigenvalue weighted by Crippen LogP contribution is -1.93. The molecule has 1 fully saturated rings. The molecule has 1 rings (SSSR count). The van der Waals surface area contributed by atoms with Gasteiger partial charge in [0.2, 0.25) is 0 Å². The Morgan fingerprint density at radius 3 is 1.62 bits per heavy atom. The Hall–Kier alpha value is -0.330. The summed E-state index contributed by atoms with van der Waals surface area (Å²) in [6, 6.07) is 0. The second-order valence-electron chi connectivity index (χ2n) is 2.85. The summed E-state index contributed by atoms with van der Waals surface area (Å²) in [6.45, 7) is 5.96. The number of carbonyl (C=O) groups is 1. The first-order valence-electron chi connectivity index (χ1n) is 3.15. The van der Waals surface area contributed by atoms with Gasteiger partial charge >= 0.3 is 0 Å². The average molecular weight is 112 g/mol. The molecule has 1 heteroatoms. The Labute approximate surface area is 50.1 Å². The van der Waals surface area contributed by atoms with Gasteiger partial charge in [-0.05, 0) is 18.8 Å². The zero-order valence-corrected chi connectivity index (χ0v) is 5.64. The summed E-state index contributed by atoms with van der Waals surface area (Å²) in [4.78, 5) is 10.6. The molecule has 8 heavy (non-hydrogen) atoms. The van der Waals surface area contributed by atoms with Crippen LogP contribution in [0.2, 0.25) is 0 Å². The van der Waals surface area contributed by atoms with Crippen molar-refractivity contribution < 1.29 is 4.79 Å². The second kappa shape index (κ2) is 1.57. The first kappa shape index (κ1) is 5.80. The molecule has 0 aromatic carbocycles. The first-order valence-corrected chi connectivity index (χ1v) is 3.15. The zero-order valence-electron chi connectivity index (χ0n) is 5.64. The largest absolute Gasteiger partial charge is 0.300 e. The fourth-order valence-corrected chi connectivity index (χ4v) is 1.40. The van der Waals surface area contributed by atoms with Gasteiger partial charge in [0.25, 0.3) is 0 Å². The second-order valence-corrected chi connectivity index (χ2v) is 2.85. The van der Waals surface area contributed by atoms with Crippen molar-refractivity contribution in [2.45, 2.75) is 20.8 Å². The predicted octanol–water partition coefficient (Wildman–Crippen LogP) is 1.48. The molecule has 0 saturated heterocycles. The lowest BCUT2D eigenvalue weighted by atomic mass is 10.2. The van der Waals surface area contributed by atoms with Crippen molar-refractivity contribution in [1.82, 2.24) is 0 Å². The number of carbonyl (C=O) groups excluding carboxylic acids is 1. The van der Waals surface area contributed by atoms with E-state index in [1.54, 1.807) is 6.92 Å². The van der Waals surface area contributed by atoms with E-state index in [4.69, 9.17) is 0 Å². The van der Waals surface area contributed by atoms with E-state index in [0.29, 0.717) is 23.5 Å². The topological polar surface area (TPSA) is 17.1 Å². The summed E-state index contributed by atoms with van der Waals surface area (Å²) in [5.41, 5.74) is 0. The third-order valence-electron chi connectivity index (χ3n) is 2.29. The molecule has 0 unspecified atom stereocenters. The quantitative estimate of drug-likeness (QED) is 0.502. The molecule has 0 N–H and O–H groups in total. The van der Waals surface area contributed by atoms with E-state index in [2.05, 4.69) is 13.8 Å². The molecular weight excluding hydrogens is 100 g/mol. The van der Waals surface area contributed by atoms with Crippen LogP contribution in [-0.2, 0) is 4.79 Å². The molecule has 0 amide bonds. The Morgan fingerprint density at radius 1 is 1.25 bits per heavy atom. The Bertz CT molecular complexity index is 110. The van der Waals surface area contributed by atoms with Crippen molar-refractivity contribution in [1.29, 1.82) is 0 Å². The molecule has 46 valence electrons. The monoisotopic (exact) mass is 112 g/mol. The van der Waals surface area contributed by atoms with Crippen molar-refractivity contribution >= 4 is 5.78 Å². The highest BCUT2D eigenvalue weighted by molar-refractivity contribution is 5.81. The van der Waals surface area contributed by atoms with Crippen LogP contribution in [-0.4, -0.2) is 5.78 Å². The van der Waals surface area contributed by atoms with Gasteiger partial charge < -0.3 is 0 Å². The highest BCUT2D eigenvalue weighted by atomic mass is 16.1. The maximum absolute atomic E-state index is 10.6. The summed E-state index contributed by atoms with van der Waals surface area (Å²) in [5, 5.41) is 0. The van der Waals surface area contributed by atoms with Crippen LogP contribution >= 0.6 is 0 Å². The number of Topliss-reactive ketones (excluding diaryl/α,β-unsaturated/α-hetero) is 1. The van der Waals surface area contributed by atoms with Crippen molar-refractivity contribution in [3.63, 3.8) is 0 Å². The lowest BCUT2D eigenvalue weighted by molar-refractivity contribution is -0.118. The van der Waals surface area contributed by atoms with Gasteiger partial charge in [0, 0.05) is 5.92 Å². The molecule has 0 spiro atoms. The van der Waals surface area contributed by atoms with Gasteiger partial charge in [0.1, 0.15) is 5.78 Å². The standard InChI is InChI=1S/C7H12O/c1-4-5(2)7(4)6(3)8/h4-5,7H,1-3H3/t4-,5-/m0/s1. The van der Waals surface area contributed by atoms with E-state index in [-0.39, 0.29) is 0 Å². The molecule has 2 atom stereocenters. The van der Waals surface area contributed by atoms with Crippen LogP contribution in [0.15, 0.2) is 0 Å². The fraction of sp³-hybridized carbons (Fsp3) is 0.857. The maximum atomic E-state index is 10.6. The lowest BCUT2D eigenvalue weighted by Gasteiger charge is -1.82. The highest BCUT2D eigenvalue weighted by Crippen LogP contribution is 2.45. The molecule has 0 aromatic rings. The summed E-state index contributed by atoms with van der Waals surface area (Å²) in [7, 11) is 0. The first-order chi connectivity index (χ1) is 3.64. The molecule has 0 bridgehead atoms. The average Bonchev–Trinajstić information content (AvgIpc) is 2.15. The number of hydrogen-bond acceptors (Lipinski definition) is 1. The van der Waals surface area contributed by atoms with Crippen LogP contribution in [0.25, 0.3) is 0 Å². The highest BCUT2D eigenvalue weighted by Gasteiger charge is 2.45. The van der Waals surface area contributed by atoms with Crippen LogP contribution in [0, 0.1) is 17.8 Å². The summed E-state index contributed by atoms with van der Waals surface area (Å²) >= 11 is 0. The number of rotatable bonds is 1. The van der Waals surface area contributed by atoms with Crippen LogP contribution in [0.4, 0.5) is 0 Å². The minimum absolute atomic E-state index is 0.366. The molecule has 0 aromatic heterocycles. The van der Waals surface area contributed by atoms with Gasteiger partial charge in [-0.2, -0.15) is 0 Å². The van der Waals surface area contributed by atoms with Crippen molar-refractivity contribution in [2.75, 3.05) is 0 Å². The van der Waals surface area contributed by atoms with Gasteiger partial charge in [-0.25, -0.2) is 0 Å². The Morgan fingerprint density at radius 2 is 1.62 bits per heavy atom. The number of hydrogen-bond donors (Lipinski definition) is 0. The molecule has 1 aliphatic carbocycles. The maximum Gasteiger partial charge on any atom is 0.133 e. The van der Waals surface area contributed by atoms with Gasteiger partial charge in [0.15, 0.2) is 0 Å². The minimum Gasteiger partial charge on any atom is -0.300 e. The van der Waals surface area contributed by atoms with E-state index in [9.17, 15) is 4.79 Å². The third kappa shape index (κ3) is 0.662. The van der Waals surface area contributed by atoms with Gasteiger partial charge in [0.05, 0.1) is 0 Å². The zero-order chi connectivity index (χ0) is 6.31. The molecule has 1 nitrogen and oxygen atoms in total.